The second-order valence-corrected chi connectivity index (χ2v) is 6.07. The van der Waals surface area contributed by atoms with E-state index in [2.05, 4.69) is 24.8 Å². The number of hydrogen-bond acceptors (Lipinski definition) is 3. The number of benzene rings is 1. The Labute approximate surface area is 122 Å². The fourth-order valence-electron chi connectivity index (χ4n) is 3.22. The van der Waals surface area contributed by atoms with E-state index in [0.29, 0.717) is 18.5 Å². The summed E-state index contributed by atoms with van der Waals surface area (Å²) in [4.78, 5) is 2.51. The molecule has 3 atom stereocenters. The number of hydrogen-bond donors (Lipinski definition) is 1. The summed E-state index contributed by atoms with van der Waals surface area (Å²) in [6, 6.07) is 13.3. The minimum absolute atomic E-state index is 0.595. The molecule has 1 fully saturated rings. The highest BCUT2D eigenvalue weighted by molar-refractivity contribution is 5.30. The molecule has 108 valence electrons. The van der Waals surface area contributed by atoms with E-state index in [0.717, 1.165) is 12.1 Å². The van der Waals surface area contributed by atoms with Crippen LogP contribution in [-0.4, -0.2) is 23.5 Å². The molecule has 0 radical (unpaired) electrons. The molecule has 1 aliphatic rings. The van der Waals surface area contributed by atoms with Gasteiger partial charge in [-0.3, -0.25) is 4.90 Å². The SMILES string of the molecule is CC1CCCC(C)N1CCC(N)(C#N)c1ccccc1. The van der Waals surface area contributed by atoms with Gasteiger partial charge >= 0.3 is 0 Å². The standard InChI is InChI=1S/C17H25N3/c1-14-7-6-8-15(2)20(14)12-11-17(19,13-18)16-9-4-3-5-10-16/h3-5,9-10,14-15H,6-8,11-12,19H2,1-2H3. The van der Waals surface area contributed by atoms with Crippen LogP contribution in [0.5, 0.6) is 0 Å². The molecule has 0 bridgehead atoms. The molecule has 1 aliphatic heterocycles. The molecule has 0 saturated carbocycles. The highest BCUT2D eigenvalue weighted by Crippen LogP contribution is 2.26. The zero-order chi connectivity index (χ0) is 14.6. The predicted molar refractivity (Wildman–Crippen MR) is 82.0 cm³/mol. The fourth-order valence-corrected chi connectivity index (χ4v) is 3.22. The number of nitriles is 1. The third-order valence-electron chi connectivity index (χ3n) is 4.63. The van der Waals surface area contributed by atoms with E-state index in [1.54, 1.807) is 0 Å². The maximum atomic E-state index is 9.51. The zero-order valence-corrected chi connectivity index (χ0v) is 12.5. The van der Waals surface area contributed by atoms with Crippen molar-refractivity contribution in [3.63, 3.8) is 0 Å². The van der Waals surface area contributed by atoms with Crippen molar-refractivity contribution < 1.29 is 0 Å². The first-order valence-corrected chi connectivity index (χ1v) is 7.58. The summed E-state index contributed by atoms with van der Waals surface area (Å²) < 4.78 is 0. The van der Waals surface area contributed by atoms with Crippen LogP contribution in [0.1, 0.15) is 45.1 Å². The minimum Gasteiger partial charge on any atom is -0.310 e. The van der Waals surface area contributed by atoms with E-state index in [1.165, 1.54) is 19.3 Å². The average Bonchev–Trinajstić information content (AvgIpc) is 2.47. The molecule has 20 heavy (non-hydrogen) atoms. The molecule has 0 aromatic heterocycles. The molecule has 3 unspecified atom stereocenters. The van der Waals surface area contributed by atoms with E-state index < -0.39 is 5.54 Å². The molecule has 3 nitrogen and oxygen atoms in total. The maximum absolute atomic E-state index is 9.51. The summed E-state index contributed by atoms with van der Waals surface area (Å²) in [5.41, 5.74) is 6.38. The minimum atomic E-state index is -0.877. The third kappa shape index (κ3) is 3.20. The smallest absolute Gasteiger partial charge is 0.131 e. The van der Waals surface area contributed by atoms with E-state index >= 15 is 0 Å². The normalized spacial score (nSPS) is 26.7. The number of piperidine rings is 1. The molecule has 0 spiro atoms. The number of rotatable bonds is 4. The van der Waals surface area contributed by atoms with Gasteiger partial charge in [-0.15, -0.1) is 0 Å². The van der Waals surface area contributed by atoms with Gasteiger partial charge in [0.05, 0.1) is 6.07 Å². The Hall–Kier alpha value is -1.37. The van der Waals surface area contributed by atoms with E-state index in [4.69, 9.17) is 5.73 Å². The molecule has 2 rings (SSSR count). The van der Waals surface area contributed by atoms with Gasteiger partial charge in [0, 0.05) is 18.6 Å². The lowest BCUT2D eigenvalue weighted by Gasteiger charge is -2.40. The van der Waals surface area contributed by atoms with E-state index in [1.807, 2.05) is 30.3 Å². The van der Waals surface area contributed by atoms with Crippen molar-refractivity contribution in [2.75, 3.05) is 6.54 Å². The molecule has 1 saturated heterocycles. The Morgan fingerprint density at radius 1 is 1.25 bits per heavy atom. The highest BCUT2D eigenvalue weighted by Gasteiger charge is 2.31. The van der Waals surface area contributed by atoms with Crippen LogP contribution in [0.4, 0.5) is 0 Å². The summed E-state index contributed by atoms with van der Waals surface area (Å²) in [6.07, 6.45) is 4.49. The summed E-state index contributed by atoms with van der Waals surface area (Å²) in [5, 5.41) is 9.51. The molecule has 2 N–H and O–H groups in total. The topological polar surface area (TPSA) is 53.0 Å². The molecule has 0 amide bonds. The Kier molecular flexibility index (Phi) is 4.80. The summed E-state index contributed by atoms with van der Waals surface area (Å²) in [5.74, 6) is 0. The van der Waals surface area contributed by atoms with E-state index in [-0.39, 0.29) is 0 Å². The summed E-state index contributed by atoms with van der Waals surface area (Å²) >= 11 is 0. The number of nitrogens with two attached hydrogens (primary N) is 1. The van der Waals surface area contributed by atoms with Crippen molar-refractivity contribution in [3.05, 3.63) is 35.9 Å². The zero-order valence-electron chi connectivity index (χ0n) is 12.5. The molecule has 1 aromatic rings. The first-order chi connectivity index (χ1) is 9.57. The molecule has 0 aliphatic carbocycles. The van der Waals surface area contributed by atoms with Crippen LogP contribution < -0.4 is 5.73 Å². The van der Waals surface area contributed by atoms with Crippen molar-refractivity contribution in [1.82, 2.24) is 4.90 Å². The Morgan fingerprint density at radius 3 is 2.40 bits per heavy atom. The lowest BCUT2D eigenvalue weighted by Crippen LogP contribution is -2.47. The monoisotopic (exact) mass is 271 g/mol. The molecule has 3 heteroatoms. The van der Waals surface area contributed by atoms with Gasteiger partial charge in [0.2, 0.25) is 0 Å². The first kappa shape index (κ1) is 15.0. The quantitative estimate of drug-likeness (QED) is 0.916. The molecule has 1 heterocycles. The Bertz CT molecular complexity index is 455. The average molecular weight is 271 g/mol. The van der Waals surface area contributed by atoms with Crippen LogP contribution in [0.3, 0.4) is 0 Å². The van der Waals surface area contributed by atoms with Crippen molar-refractivity contribution in [2.45, 2.75) is 57.2 Å². The van der Waals surface area contributed by atoms with Crippen LogP contribution in [0.25, 0.3) is 0 Å². The van der Waals surface area contributed by atoms with Crippen LogP contribution in [0.2, 0.25) is 0 Å². The maximum Gasteiger partial charge on any atom is 0.131 e. The second-order valence-electron chi connectivity index (χ2n) is 6.07. The lowest BCUT2D eigenvalue weighted by molar-refractivity contribution is 0.0964. The molecular formula is C17H25N3. The van der Waals surface area contributed by atoms with Crippen molar-refractivity contribution in [1.29, 1.82) is 5.26 Å². The summed E-state index contributed by atoms with van der Waals surface area (Å²) in [7, 11) is 0. The third-order valence-corrected chi connectivity index (χ3v) is 4.63. The summed E-state index contributed by atoms with van der Waals surface area (Å²) in [6.45, 7) is 5.45. The van der Waals surface area contributed by atoms with Crippen molar-refractivity contribution >= 4 is 0 Å². The van der Waals surface area contributed by atoms with Gasteiger partial charge in [0.25, 0.3) is 0 Å². The fraction of sp³-hybridized carbons (Fsp3) is 0.588. The van der Waals surface area contributed by atoms with Crippen molar-refractivity contribution in [3.8, 4) is 6.07 Å². The van der Waals surface area contributed by atoms with Crippen molar-refractivity contribution in [2.24, 2.45) is 5.73 Å². The number of nitrogens with zero attached hydrogens (tertiary/aromatic N) is 2. The van der Waals surface area contributed by atoms with Gasteiger partial charge < -0.3 is 5.73 Å². The Morgan fingerprint density at radius 2 is 1.85 bits per heavy atom. The van der Waals surface area contributed by atoms with Gasteiger partial charge in [0.1, 0.15) is 5.54 Å². The molecule has 1 aromatic carbocycles. The lowest BCUT2D eigenvalue weighted by atomic mass is 9.88. The largest absolute Gasteiger partial charge is 0.310 e. The van der Waals surface area contributed by atoms with Gasteiger partial charge in [-0.25, -0.2) is 0 Å². The van der Waals surface area contributed by atoms with Crippen LogP contribution >= 0.6 is 0 Å². The predicted octanol–water partition coefficient (Wildman–Crippen LogP) is 3.02. The molecular weight excluding hydrogens is 246 g/mol. The first-order valence-electron chi connectivity index (χ1n) is 7.58. The van der Waals surface area contributed by atoms with Gasteiger partial charge in [-0.05, 0) is 38.7 Å². The highest BCUT2D eigenvalue weighted by atomic mass is 15.2. The Balaban J connectivity index is 2.06. The van der Waals surface area contributed by atoms with Crippen LogP contribution in [0.15, 0.2) is 30.3 Å². The van der Waals surface area contributed by atoms with Gasteiger partial charge in [-0.2, -0.15) is 5.26 Å². The van der Waals surface area contributed by atoms with Crippen LogP contribution in [-0.2, 0) is 5.54 Å². The van der Waals surface area contributed by atoms with Gasteiger partial charge in [0.15, 0.2) is 0 Å². The van der Waals surface area contributed by atoms with E-state index in [9.17, 15) is 5.26 Å². The van der Waals surface area contributed by atoms with Gasteiger partial charge in [-0.1, -0.05) is 36.8 Å². The second kappa shape index (κ2) is 6.39. The van der Waals surface area contributed by atoms with Crippen LogP contribution in [0, 0.1) is 11.3 Å². The number of likely N-dealkylation sites (tertiary alicyclic amines) is 1.